The molecular weight excluding hydrogens is 500 g/mol. The Bertz CT molecular complexity index is 901. The van der Waals surface area contributed by atoms with Gasteiger partial charge in [0, 0.05) is 17.9 Å². The highest BCUT2D eigenvalue weighted by atomic mass is 28.4. The van der Waals surface area contributed by atoms with Gasteiger partial charge in [-0.1, -0.05) is 58.4 Å². The van der Waals surface area contributed by atoms with Gasteiger partial charge in [0.15, 0.2) is 8.32 Å². The summed E-state index contributed by atoms with van der Waals surface area (Å²) in [4.78, 5) is 0. The second kappa shape index (κ2) is 11.7. The van der Waals surface area contributed by atoms with Crippen LogP contribution >= 0.6 is 0 Å². The summed E-state index contributed by atoms with van der Waals surface area (Å²) < 4.78 is 6.85. The molecule has 224 valence electrons. The van der Waals surface area contributed by atoms with E-state index in [0.29, 0.717) is 30.1 Å². The minimum absolute atomic E-state index is 0.0388. The molecule has 4 saturated carbocycles. The Balaban J connectivity index is 1.45. The van der Waals surface area contributed by atoms with Crippen LogP contribution in [0.25, 0.3) is 0 Å². The van der Waals surface area contributed by atoms with Crippen molar-refractivity contribution in [1.82, 2.24) is 0 Å². The van der Waals surface area contributed by atoms with Crippen molar-refractivity contribution >= 4 is 8.32 Å². The lowest BCUT2D eigenvalue weighted by molar-refractivity contribution is -0.0855. The lowest BCUT2D eigenvalue weighted by atomic mass is 9.60. The fraction of sp³-hybridized carbons (Fsp3) is 0.882. The first kappa shape index (κ1) is 31.5. The highest BCUT2D eigenvalue weighted by Gasteiger charge is 2.72. The third-order valence-electron chi connectivity index (χ3n) is 12.6. The van der Waals surface area contributed by atoms with Crippen LogP contribution in [0.2, 0.25) is 18.1 Å². The van der Waals surface area contributed by atoms with Crippen molar-refractivity contribution in [3.8, 4) is 0 Å². The molecule has 0 spiro atoms. The maximum atomic E-state index is 11.3. The zero-order valence-corrected chi connectivity index (χ0v) is 27.3. The Morgan fingerprint density at radius 2 is 1.77 bits per heavy atom. The molecule has 0 saturated heterocycles. The quantitative estimate of drug-likeness (QED) is 0.160. The van der Waals surface area contributed by atoms with E-state index in [9.17, 15) is 15.3 Å². The molecule has 3 N–H and O–H groups in total. The van der Waals surface area contributed by atoms with Crippen LogP contribution in [-0.4, -0.2) is 48.1 Å². The molecule has 0 aromatic heterocycles. The van der Waals surface area contributed by atoms with Gasteiger partial charge in [0.05, 0.1) is 17.8 Å². The summed E-state index contributed by atoms with van der Waals surface area (Å²) in [5.74, 6) is 2.19. The topological polar surface area (TPSA) is 69.9 Å². The van der Waals surface area contributed by atoms with Crippen molar-refractivity contribution < 1.29 is 19.7 Å². The van der Waals surface area contributed by atoms with Gasteiger partial charge in [-0.2, -0.15) is 0 Å². The van der Waals surface area contributed by atoms with Gasteiger partial charge in [-0.3, -0.25) is 0 Å². The molecule has 4 rings (SSSR count). The Hall–Kier alpha value is -0.463. The Morgan fingerprint density at radius 3 is 2.36 bits per heavy atom. The Labute approximate surface area is 240 Å². The molecule has 0 aromatic rings. The van der Waals surface area contributed by atoms with E-state index in [4.69, 9.17) is 4.43 Å². The Kier molecular flexibility index (Phi) is 9.41. The van der Waals surface area contributed by atoms with Gasteiger partial charge in [-0.15, -0.1) is 0 Å². The minimum atomic E-state index is -1.63. The normalized spacial score (nSPS) is 39.2. The summed E-state index contributed by atoms with van der Waals surface area (Å²) in [6, 6.07) is 3.58. The summed E-state index contributed by atoms with van der Waals surface area (Å²) in [5.41, 5.74) is 0.376. The van der Waals surface area contributed by atoms with Crippen molar-refractivity contribution in [3.05, 3.63) is 23.8 Å². The molecule has 0 heterocycles. The fourth-order valence-corrected chi connectivity index (χ4v) is 13.2. The number of aliphatic hydroxyl groups excluding tert-OH is 2. The highest BCUT2D eigenvalue weighted by molar-refractivity contribution is 6.73. The van der Waals surface area contributed by atoms with Gasteiger partial charge in [-0.05, 0) is 119 Å². The molecule has 4 fully saturated rings. The number of hydrogen-bond acceptors (Lipinski definition) is 4. The van der Waals surface area contributed by atoms with Crippen LogP contribution in [0.15, 0.2) is 23.8 Å². The largest absolute Gasteiger partial charge is 0.412 e. The van der Waals surface area contributed by atoms with Crippen LogP contribution in [0.3, 0.4) is 0 Å². The molecule has 0 aliphatic heterocycles. The van der Waals surface area contributed by atoms with Crippen molar-refractivity contribution in [3.63, 3.8) is 0 Å². The van der Waals surface area contributed by atoms with Crippen molar-refractivity contribution in [2.24, 2.45) is 40.4 Å². The number of hydrogen-bond donors (Lipinski definition) is 3. The molecule has 39 heavy (non-hydrogen) atoms. The smallest absolute Gasteiger partial charge is 0.192 e. The molecule has 4 aliphatic rings. The average Bonchev–Trinajstić information content (AvgIpc) is 3.45. The standard InChI is InChI=1S/C34H60O4Si/c1-8-39(9-2,10-3)38-31(5,6)18-11-13-25(4)29-15-16-30-26(14-12-19-32(29,30)7)21-28(23-35)34-22-27(34)17-20-33(34,37)24-36/h11,13,21,25,27-30,35-37H,8-10,12,14-20,22-24H2,1-7H3/b13-11+,26-21+/t25-,27-,28+,29-,30+,32-,33?,34+/m1/s1. The van der Waals surface area contributed by atoms with E-state index in [1.165, 1.54) is 49.4 Å². The summed E-state index contributed by atoms with van der Waals surface area (Å²) >= 11 is 0. The second-order valence-electron chi connectivity index (χ2n) is 14.9. The van der Waals surface area contributed by atoms with Crippen LogP contribution in [0.1, 0.15) is 106 Å². The van der Waals surface area contributed by atoms with Gasteiger partial charge in [0.2, 0.25) is 0 Å². The zero-order valence-electron chi connectivity index (χ0n) is 26.3. The van der Waals surface area contributed by atoms with Gasteiger partial charge in [-0.25, -0.2) is 0 Å². The third-order valence-corrected chi connectivity index (χ3v) is 17.5. The van der Waals surface area contributed by atoms with E-state index < -0.39 is 13.9 Å². The molecule has 0 radical (unpaired) electrons. The van der Waals surface area contributed by atoms with E-state index in [0.717, 1.165) is 25.7 Å². The van der Waals surface area contributed by atoms with Gasteiger partial charge in [0.1, 0.15) is 0 Å². The first-order valence-corrected chi connectivity index (χ1v) is 18.9. The fourth-order valence-electron chi connectivity index (χ4n) is 10.0. The van der Waals surface area contributed by atoms with Gasteiger partial charge >= 0.3 is 0 Å². The monoisotopic (exact) mass is 560 g/mol. The van der Waals surface area contributed by atoms with Crippen molar-refractivity contribution in [1.29, 1.82) is 0 Å². The summed E-state index contributed by atoms with van der Waals surface area (Å²) in [7, 11) is -1.63. The second-order valence-corrected chi connectivity index (χ2v) is 19.6. The van der Waals surface area contributed by atoms with E-state index in [2.05, 4.69) is 66.7 Å². The van der Waals surface area contributed by atoms with Gasteiger partial charge < -0.3 is 19.7 Å². The maximum absolute atomic E-state index is 11.3. The van der Waals surface area contributed by atoms with E-state index in [1.807, 2.05) is 0 Å². The summed E-state index contributed by atoms with van der Waals surface area (Å²) in [6.07, 6.45) is 17.0. The van der Waals surface area contributed by atoms with Crippen LogP contribution in [0.4, 0.5) is 0 Å². The lowest BCUT2D eigenvalue weighted by Crippen LogP contribution is -2.46. The predicted molar refractivity (Wildman–Crippen MR) is 164 cm³/mol. The number of aliphatic hydroxyl groups is 3. The molecule has 5 heteroatoms. The maximum Gasteiger partial charge on any atom is 0.192 e. The molecule has 8 atom stereocenters. The van der Waals surface area contributed by atoms with Crippen LogP contribution in [0, 0.1) is 40.4 Å². The van der Waals surface area contributed by atoms with Gasteiger partial charge in [0.25, 0.3) is 0 Å². The minimum Gasteiger partial charge on any atom is -0.412 e. The van der Waals surface area contributed by atoms with Crippen molar-refractivity contribution in [2.75, 3.05) is 13.2 Å². The van der Waals surface area contributed by atoms with Crippen LogP contribution in [0.5, 0.6) is 0 Å². The van der Waals surface area contributed by atoms with Crippen molar-refractivity contribution in [2.45, 2.75) is 136 Å². The predicted octanol–water partition coefficient (Wildman–Crippen LogP) is 7.64. The molecule has 0 bridgehead atoms. The first-order valence-electron chi connectivity index (χ1n) is 16.4. The highest BCUT2D eigenvalue weighted by Crippen LogP contribution is 2.72. The summed E-state index contributed by atoms with van der Waals surface area (Å²) in [6.45, 7) is 16.3. The molecule has 0 aromatic carbocycles. The average molecular weight is 561 g/mol. The Morgan fingerprint density at radius 1 is 1.08 bits per heavy atom. The number of rotatable bonds is 13. The lowest BCUT2D eigenvalue weighted by Gasteiger charge is -2.45. The first-order chi connectivity index (χ1) is 18.4. The number of fused-ring (bicyclic) bond motifs is 2. The molecule has 4 nitrogen and oxygen atoms in total. The molecule has 1 unspecified atom stereocenters. The van der Waals surface area contributed by atoms with E-state index in [-0.39, 0.29) is 35.6 Å². The third kappa shape index (κ3) is 5.54. The molecule has 0 amide bonds. The van der Waals surface area contributed by atoms with E-state index >= 15 is 0 Å². The van der Waals surface area contributed by atoms with E-state index in [1.54, 1.807) is 0 Å². The van der Waals surface area contributed by atoms with Crippen LogP contribution in [-0.2, 0) is 4.43 Å². The zero-order chi connectivity index (χ0) is 28.7. The molecular formula is C34H60O4Si. The van der Waals surface area contributed by atoms with Crippen LogP contribution < -0.4 is 0 Å². The summed E-state index contributed by atoms with van der Waals surface area (Å²) in [5, 5.41) is 31.9. The number of allylic oxidation sites excluding steroid dienone is 2. The molecule has 4 aliphatic carbocycles. The SMILES string of the molecule is CC[Si](CC)(CC)OC(C)(C)C/C=C/[C@@H](C)[C@H]1CC[C@H]2/C(=C/[C@@H](CO)[C@]34C[C@H]3CCC4(O)CO)CCC[C@]12C.